The van der Waals surface area contributed by atoms with E-state index in [1.54, 1.807) is 0 Å². The van der Waals surface area contributed by atoms with Crippen LogP contribution in [0.5, 0.6) is 0 Å². The maximum atomic E-state index is 6.19. The Hall–Kier alpha value is -0.860. The highest BCUT2D eigenvalue weighted by Gasteiger charge is 2.24. The highest BCUT2D eigenvalue weighted by molar-refractivity contribution is 5.38. The highest BCUT2D eigenvalue weighted by atomic mass is 15.2. The number of unbranched alkanes of at least 4 members (excludes halogenated alkanes) is 1. The number of nitrogens with zero attached hydrogens (tertiary/aromatic N) is 1. The monoisotopic (exact) mass is 290 g/mol. The molecule has 2 nitrogen and oxygen atoms in total. The largest absolute Gasteiger partial charge is 0.329 e. The zero-order valence-corrected chi connectivity index (χ0v) is 14.9. The zero-order valence-electron chi connectivity index (χ0n) is 14.9. The van der Waals surface area contributed by atoms with Gasteiger partial charge in [-0.2, -0.15) is 0 Å². The predicted molar refractivity (Wildman–Crippen MR) is 93.8 cm³/mol. The van der Waals surface area contributed by atoms with Gasteiger partial charge in [0.2, 0.25) is 0 Å². The zero-order chi connectivity index (χ0) is 16.0. The minimum Gasteiger partial charge on any atom is -0.329 e. The molecule has 2 unspecified atom stereocenters. The number of hydrogen-bond acceptors (Lipinski definition) is 2. The average Bonchev–Trinajstić information content (AvgIpc) is 2.47. The molecule has 2 N–H and O–H groups in total. The van der Waals surface area contributed by atoms with Gasteiger partial charge >= 0.3 is 0 Å². The van der Waals surface area contributed by atoms with Crippen molar-refractivity contribution in [2.75, 3.05) is 13.1 Å². The molecule has 0 aliphatic heterocycles. The van der Waals surface area contributed by atoms with Crippen LogP contribution in [0.1, 0.15) is 68.3 Å². The van der Waals surface area contributed by atoms with Gasteiger partial charge in [-0.1, -0.05) is 32.4 Å². The van der Waals surface area contributed by atoms with Crippen molar-refractivity contribution in [1.82, 2.24) is 4.90 Å². The normalized spacial score (nSPS) is 14.5. The molecule has 0 aliphatic rings. The summed E-state index contributed by atoms with van der Waals surface area (Å²) in [5, 5.41) is 0. The molecule has 0 heterocycles. The molecule has 0 saturated heterocycles. The first-order chi connectivity index (χ1) is 9.96. The molecule has 2 atom stereocenters. The summed E-state index contributed by atoms with van der Waals surface area (Å²) in [6.45, 7) is 15.3. The first kappa shape index (κ1) is 18.2. The van der Waals surface area contributed by atoms with Crippen LogP contribution in [0.3, 0.4) is 0 Å². The van der Waals surface area contributed by atoms with E-state index < -0.39 is 0 Å². The van der Waals surface area contributed by atoms with Crippen molar-refractivity contribution in [1.29, 1.82) is 0 Å². The summed E-state index contributed by atoms with van der Waals surface area (Å²) in [5.41, 5.74) is 11.7. The van der Waals surface area contributed by atoms with E-state index in [1.165, 1.54) is 41.5 Å². The Morgan fingerprint density at radius 3 is 2.19 bits per heavy atom. The van der Waals surface area contributed by atoms with Gasteiger partial charge in [-0.15, -0.1) is 0 Å². The van der Waals surface area contributed by atoms with Crippen molar-refractivity contribution in [3.63, 3.8) is 0 Å². The van der Waals surface area contributed by atoms with Crippen LogP contribution in [0.4, 0.5) is 0 Å². The number of hydrogen-bond donors (Lipinski definition) is 1. The molecule has 0 saturated carbocycles. The summed E-state index contributed by atoms with van der Waals surface area (Å²) in [6.07, 6.45) is 3.64. The van der Waals surface area contributed by atoms with Crippen LogP contribution in [0.2, 0.25) is 0 Å². The van der Waals surface area contributed by atoms with Crippen LogP contribution < -0.4 is 5.73 Å². The molecule has 0 fully saturated rings. The molecule has 0 bridgehead atoms. The molecule has 1 aromatic carbocycles. The lowest BCUT2D eigenvalue weighted by Gasteiger charge is -2.37. The quantitative estimate of drug-likeness (QED) is 0.763. The third-order valence-electron chi connectivity index (χ3n) is 4.79. The van der Waals surface area contributed by atoms with E-state index in [0.717, 1.165) is 6.54 Å². The summed E-state index contributed by atoms with van der Waals surface area (Å²) in [7, 11) is 0. The summed E-state index contributed by atoms with van der Waals surface area (Å²) in [6, 6.07) is 5.57. The van der Waals surface area contributed by atoms with Gasteiger partial charge in [0.25, 0.3) is 0 Å². The van der Waals surface area contributed by atoms with E-state index in [-0.39, 0.29) is 0 Å². The van der Waals surface area contributed by atoms with E-state index in [2.05, 4.69) is 58.6 Å². The van der Waals surface area contributed by atoms with Gasteiger partial charge in [0.15, 0.2) is 0 Å². The van der Waals surface area contributed by atoms with Crippen LogP contribution in [0, 0.1) is 20.8 Å². The Morgan fingerprint density at radius 1 is 1.05 bits per heavy atom. The Labute approximate surface area is 131 Å². The topological polar surface area (TPSA) is 29.3 Å². The van der Waals surface area contributed by atoms with Crippen molar-refractivity contribution in [2.45, 2.75) is 72.9 Å². The van der Waals surface area contributed by atoms with Gasteiger partial charge in [-0.3, -0.25) is 4.90 Å². The molecule has 0 aromatic heterocycles. The summed E-state index contributed by atoms with van der Waals surface area (Å²) in [4.78, 5) is 2.61. The summed E-state index contributed by atoms with van der Waals surface area (Å²) in [5.74, 6) is 0. The lowest BCUT2D eigenvalue weighted by atomic mass is 9.93. The van der Waals surface area contributed by atoms with Crippen molar-refractivity contribution in [3.05, 3.63) is 34.4 Å². The van der Waals surface area contributed by atoms with Gasteiger partial charge in [-0.25, -0.2) is 0 Å². The Kier molecular flexibility index (Phi) is 7.41. The minimum absolute atomic E-state index is 0.339. The van der Waals surface area contributed by atoms with Crippen molar-refractivity contribution < 1.29 is 0 Å². The molecule has 1 rings (SSSR count). The highest BCUT2D eigenvalue weighted by Crippen LogP contribution is 2.28. The van der Waals surface area contributed by atoms with Crippen LogP contribution >= 0.6 is 0 Å². The molecule has 2 heteroatoms. The van der Waals surface area contributed by atoms with Gasteiger partial charge in [-0.05, 0) is 69.3 Å². The number of rotatable bonds is 8. The Balaban J connectivity index is 3.15. The molecule has 120 valence electrons. The molecule has 0 aliphatic carbocycles. The van der Waals surface area contributed by atoms with E-state index in [0.29, 0.717) is 18.6 Å². The van der Waals surface area contributed by atoms with E-state index >= 15 is 0 Å². The molecule has 0 amide bonds. The fourth-order valence-electron chi connectivity index (χ4n) is 3.04. The first-order valence-corrected chi connectivity index (χ1v) is 8.49. The Morgan fingerprint density at radius 2 is 1.67 bits per heavy atom. The Bertz CT molecular complexity index is 439. The standard InChI is InChI=1S/C19H34N2/c1-7-9-10-21(17(6)8-2)19(13-20)18-12-15(4)14(3)11-16(18)5/h11-12,17,19H,7-10,13,20H2,1-6H3. The molecule has 1 aromatic rings. The third-order valence-corrected chi connectivity index (χ3v) is 4.79. The van der Waals surface area contributed by atoms with Crippen LogP contribution in [0.15, 0.2) is 12.1 Å². The fourth-order valence-corrected chi connectivity index (χ4v) is 3.04. The summed E-state index contributed by atoms with van der Waals surface area (Å²) < 4.78 is 0. The van der Waals surface area contributed by atoms with E-state index in [1.807, 2.05) is 0 Å². The maximum absolute atomic E-state index is 6.19. The van der Waals surface area contributed by atoms with E-state index in [4.69, 9.17) is 5.73 Å². The molecule has 0 spiro atoms. The third kappa shape index (κ3) is 4.55. The van der Waals surface area contributed by atoms with Crippen LogP contribution in [0.25, 0.3) is 0 Å². The fraction of sp³-hybridized carbons (Fsp3) is 0.684. The second kappa shape index (κ2) is 8.55. The average molecular weight is 290 g/mol. The number of aryl methyl sites for hydroxylation is 3. The van der Waals surface area contributed by atoms with Crippen LogP contribution in [-0.2, 0) is 0 Å². The van der Waals surface area contributed by atoms with Gasteiger partial charge in [0, 0.05) is 18.6 Å². The van der Waals surface area contributed by atoms with Gasteiger partial charge in [0.1, 0.15) is 0 Å². The second-order valence-electron chi connectivity index (χ2n) is 6.39. The number of nitrogens with two attached hydrogens (primary N) is 1. The minimum atomic E-state index is 0.339. The maximum Gasteiger partial charge on any atom is 0.0475 e. The molecular formula is C19H34N2. The van der Waals surface area contributed by atoms with Gasteiger partial charge in [0.05, 0.1) is 0 Å². The lowest BCUT2D eigenvalue weighted by Crippen LogP contribution is -2.40. The predicted octanol–water partition coefficient (Wildman–Crippen LogP) is 4.51. The van der Waals surface area contributed by atoms with Crippen molar-refractivity contribution >= 4 is 0 Å². The number of benzene rings is 1. The van der Waals surface area contributed by atoms with Gasteiger partial charge < -0.3 is 5.73 Å². The molecule has 0 radical (unpaired) electrons. The summed E-state index contributed by atoms with van der Waals surface area (Å²) >= 11 is 0. The first-order valence-electron chi connectivity index (χ1n) is 8.49. The van der Waals surface area contributed by atoms with Crippen molar-refractivity contribution in [3.8, 4) is 0 Å². The second-order valence-corrected chi connectivity index (χ2v) is 6.39. The molecule has 21 heavy (non-hydrogen) atoms. The van der Waals surface area contributed by atoms with Crippen molar-refractivity contribution in [2.24, 2.45) is 5.73 Å². The van der Waals surface area contributed by atoms with Crippen LogP contribution in [-0.4, -0.2) is 24.0 Å². The lowest BCUT2D eigenvalue weighted by molar-refractivity contribution is 0.140. The SMILES string of the molecule is CCCCN(C(C)CC)C(CN)c1cc(C)c(C)cc1C. The molecular weight excluding hydrogens is 256 g/mol. The smallest absolute Gasteiger partial charge is 0.0475 e. The van der Waals surface area contributed by atoms with E-state index in [9.17, 15) is 0 Å².